The molecule has 4 atom stereocenters. The number of ketones is 1. The van der Waals surface area contributed by atoms with Gasteiger partial charge >= 0.3 is 11.9 Å². The highest BCUT2D eigenvalue weighted by Crippen LogP contribution is 2.34. The van der Waals surface area contributed by atoms with E-state index in [4.69, 9.17) is 0 Å². The lowest BCUT2D eigenvalue weighted by Crippen LogP contribution is -2.57. The molecule has 2 rings (SSSR count). The number of fused-ring (bicyclic) bond motifs is 2. The smallest absolute Gasteiger partial charge is 0.317 e. The summed E-state index contributed by atoms with van der Waals surface area (Å²) in [5, 5.41) is 3.13. The van der Waals surface area contributed by atoms with E-state index in [1.54, 1.807) is 0 Å². The van der Waals surface area contributed by atoms with Crippen LogP contribution < -0.4 is 5.32 Å². The molecule has 4 unspecified atom stereocenters. The van der Waals surface area contributed by atoms with E-state index in [1.807, 2.05) is 0 Å². The number of piperidine rings is 1. The van der Waals surface area contributed by atoms with E-state index in [0.29, 0.717) is 12.8 Å². The lowest BCUT2D eigenvalue weighted by Gasteiger charge is -2.31. The molecule has 2 aliphatic rings. The average molecular weight is 241 g/mol. The van der Waals surface area contributed by atoms with E-state index >= 15 is 0 Å². The van der Waals surface area contributed by atoms with Crippen molar-refractivity contribution in [3.05, 3.63) is 0 Å². The van der Waals surface area contributed by atoms with E-state index in [0.717, 1.165) is 0 Å². The lowest BCUT2D eigenvalue weighted by molar-refractivity contribution is -0.158. The van der Waals surface area contributed by atoms with Crippen molar-refractivity contribution >= 4 is 17.7 Å². The number of esters is 2. The monoisotopic (exact) mass is 241 g/mol. The molecule has 0 aliphatic carbocycles. The van der Waals surface area contributed by atoms with Crippen molar-refractivity contribution in [3.8, 4) is 0 Å². The molecule has 1 N–H and O–H groups in total. The molecule has 94 valence electrons. The van der Waals surface area contributed by atoms with Crippen LogP contribution in [0.15, 0.2) is 0 Å². The molecule has 6 nitrogen and oxygen atoms in total. The highest BCUT2D eigenvalue weighted by Gasteiger charge is 2.53. The average Bonchev–Trinajstić information content (AvgIpc) is 2.73. The minimum absolute atomic E-state index is 0.208. The summed E-state index contributed by atoms with van der Waals surface area (Å²) in [5.74, 6) is -3.32. The van der Waals surface area contributed by atoms with Gasteiger partial charge in [0.05, 0.1) is 14.2 Å². The summed E-state index contributed by atoms with van der Waals surface area (Å²) in [6.45, 7) is 0. The topological polar surface area (TPSA) is 81.7 Å². The summed E-state index contributed by atoms with van der Waals surface area (Å²) in [6, 6.07) is -0.415. The zero-order chi connectivity index (χ0) is 12.6. The Morgan fingerprint density at radius 1 is 1.06 bits per heavy atom. The number of nitrogens with one attached hydrogen (secondary N) is 1. The molecule has 0 aromatic rings. The highest BCUT2D eigenvalue weighted by atomic mass is 16.5. The van der Waals surface area contributed by atoms with Crippen LogP contribution in [0.4, 0.5) is 0 Å². The maximum absolute atomic E-state index is 12.1. The molecule has 6 heteroatoms. The van der Waals surface area contributed by atoms with Crippen LogP contribution >= 0.6 is 0 Å². The van der Waals surface area contributed by atoms with Gasteiger partial charge < -0.3 is 14.8 Å². The second-order valence-electron chi connectivity index (χ2n) is 4.36. The van der Waals surface area contributed by atoms with E-state index in [-0.39, 0.29) is 17.9 Å². The van der Waals surface area contributed by atoms with Crippen LogP contribution in [0.5, 0.6) is 0 Å². The van der Waals surface area contributed by atoms with Gasteiger partial charge in [-0.2, -0.15) is 0 Å². The van der Waals surface area contributed by atoms with Crippen molar-refractivity contribution < 1.29 is 23.9 Å². The fraction of sp³-hybridized carbons (Fsp3) is 0.727. The Bertz CT molecular complexity index is 335. The first-order valence-corrected chi connectivity index (χ1v) is 5.55. The Balaban J connectivity index is 2.28. The summed E-state index contributed by atoms with van der Waals surface area (Å²) in [4.78, 5) is 35.3. The molecule has 0 radical (unpaired) electrons. The Morgan fingerprint density at radius 3 is 1.82 bits per heavy atom. The lowest BCUT2D eigenvalue weighted by atomic mass is 9.83. The van der Waals surface area contributed by atoms with E-state index in [9.17, 15) is 14.4 Å². The van der Waals surface area contributed by atoms with Crippen LogP contribution in [-0.2, 0) is 23.9 Å². The minimum Gasteiger partial charge on any atom is -0.468 e. The number of Topliss-reactive ketones (excluding diaryl/α,β-unsaturated/α-hetero) is 1. The Kier molecular flexibility index (Phi) is 3.15. The fourth-order valence-corrected chi connectivity index (χ4v) is 2.73. The Morgan fingerprint density at radius 2 is 1.47 bits per heavy atom. The van der Waals surface area contributed by atoms with Crippen molar-refractivity contribution in [2.24, 2.45) is 11.8 Å². The predicted octanol–water partition coefficient (Wildman–Crippen LogP) is -0.732. The van der Waals surface area contributed by atoms with Crippen LogP contribution in [0.3, 0.4) is 0 Å². The third-order valence-electron chi connectivity index (χ3n) is 3.54. The summed E-state index contributed by atoms with van der Waals surface area (Å²) in [5.41, 5.74) is 0. The second kappa shape index (κ2) is 4.44. The normalized spacial score (nSPS) is 35.5. The second-order valence-corrected chi connectivity index (χ2v) is 4.36. The number of ether oxygens (including phenoxy) is 2. The first kappa shape index (κ1) is 12.0. The van der Waals surface area contributed by atoms with Gasteiger partial charge in [-0.15, -0.1) is 0 Å². The third-order valence-corrected chi connectivity index (χ3v) is 3.54. The van der Waals surface area contributed by atoms with Gasteiger partial charge in [-0.25, -0.2) is 0 Å². The zero-order valence-corrected chi connectivity index (χ0v) is 9.76. The van der Waals surface area contributed by atoms with Crippen LogP contribution in [0.2, 0.25) is 0 Å². The summed E-state index contributed by atoms with van der Waals surface area (Å²) in [7, 11) is 2.48. The molecular weight excluding hydrogens is 226 g/mol. The molecule has 0 aromatic carbocycles. The van der Waals surface area contributed by atoms with Gasteiger partial charge in [-0.1, -0.05) is 0 Å². The first-order valence-electron chi connectivity index (χ1n) is 5.55. The first-order chi connectivity index (χ1) is 8.10. The molecule has 0 spiro atoms. The van der Waals surface area contributed by atoms with Crippen molar-refractivity contribution in [3.63, 3.8) is 0 Å². The summed E-state index contributed by atoms with van der Waals surface area (Å²) < 4.78 is 9.24. The molecular formula is C11H15NO5. The molecule has 0 saturated carbocycles. The van der Waals surface area contributed by atoms with Gasteiger partial charge in [0.2, 0.25) is 0 Å². The van der Waals surface area contributed by atoms with Crippen molar-refractivity contribution in [2.45, 2.75) is 24.9 Å². The van der Waals surface area contributed by atoms with Crippen molar-refractivity contribution in [1.82, 2.24) is 5.32 Å². The molecule has 2 heterocycles. The van der Waals surface area contributed by atoms with Crippen molar-refractivity contribution in [1.29, 1.82) is 0 Å². The van der Waals surface area contributed by atoms with Gasteiger partial charge in [-0.05, 0) is 12.8 Å². The third kappa shape index (κ3) is 1.82. The molecule has 2 fully saturated rings. The van der Waals surface area contributed by atoms with E-state index in [2.05, 4.69) is 14.8 Å². The standard InChI is InChI=1S/C11H15NO5/c1-16-10(14)7-5-3-4-6(12-5)8(9(7)13)11(15)17-2/h5-8,12H,3-4H2,1-2H3. The summed E-state index contributed by atoms with van der Waals surface area (Å²) >= 11 is 0. The maximum atomic E-state index is 12.1. The number of hydrogen-bond acceptors (Lipinski definition) is 6. The SMILES string of the molecule is COC(=O)C1C(=O)C(C(=O)OC)C2CCC1N2. The predicted molar refractivity (Wildman–Crippen MR) is 56.0 cm³/mol. The van der Waals surface area contributed by atoms with Crippen LogP contribution in [-0.4, -0.2) is 44.0 Å². The molecule has 17 heavy (non-hydrogen) atoms. The van der Waals surface area contributed by atoms with E-state index < -0.39 is 23.8 Å². The van der Waals surface area contributed by atoms with Crippen LogP contribution in [0, 0.1) is 11.8 Å². The Hall–Kier alpha value is -1.43. The quantitative estimate of drug-likeness (QED) is 0.507. The van der Waals surface area contributed by atoms with Gasteiger partial charge in [0.15, 0.2) is 5.78 Å². The van der Waals surface area contributed by atoms with E-state index in [1.165, 1.54) is 14.2 Å². The maximum Gasteiger partial charge on any atom is 0.317 e. The van der Waals surface area contributed by atoms with Gasteiger partial charge in [0.25, 0.3) is 0 Å². The zero-order valence-electron chi connectivity index (χ0n) is 9.76. The van der Waals surface area contributed by atoms with Crippen molar-refractivity contribution in [2.75, 3.05) is 14.2 Å². The van der Waals surface area contributed by atoms with Crippen LogP contribution in [0.1, 0.15) is 12.8 Å². The highest BCUT2D eigenvalue weighted by molar-refractivity contribution is 6.10. The number of carbonyl (C=O) groups is 3. The molecule has 2 aliphatic heterocycles. The molecule has 2 bridgehead atoms. The summed E-state index contributed by atoms with van der Waals surface area (Å²) in [6.07, 6.45) is 1.40. The number of carbonyl (C=O) groups excluding carboxylic acids is 3. The Labute approximate surface area is 98.6 Å². The largest absolute Gasteiger partial charge is 0.468 e. The van der Waals surface area contributed by atoms with Gasteiger partial charge in [0.1, 0.15) is 11.8 Å². The molecule has 2 saturated heterocycles. The fourth-order valence-electron chi connectivity index (χ4n) is 2.73. The number of methoxy groups -OCH3 is 2. The minimum atomic E-state index is -0.886. The van der Waals surface area contributed by atoms with Gasteiger partial charge in [0, 0.05) is 12.1 Å². The van der Waals surface area contributed by atoms with Crippen LogP contribution in [0.25, 0.3) is 0 Å². The molecule has 0 aromatic heterocycles. The number of hydrogen-bond donors (Lipinski definition) is 1. The number of rotatable bonds is 2. The van der Waals surface area contributed by atoms with Gasteiger partial charge in [-0.3, -0.25) is 14.4 Å². The molecule has 0 amide bonds.